The van der Waals surface area contributed by atoms with Gasteiger partial charge in [0.25, 0.3) is 0 Å². The van der Waals surface area contributed by atoms with E-state index < -0.39 is 0 Å². The van der Waals surface area contributed by atoms with Gasteiger partial charge in [0.15, 0.2) is 0 Å². The van der Waals surface area contributed by atoms with Crippen molar-refractivity contribution in [3.63, 3.8) is 0 Å². The maximum absolute atomic E-state index is 9.55. The highest BCUT2D eigenvalue weighted by Gasteiger charge is 2.38. The zero-order valence-electron chi connectivity index (χ0n) is 13.6. The van der Waals surface area contributed by atoms with Gasteiger partial charge in [-0.2, -0.15) is 0 Å². The van der Waals surface area contributed by atoms with Gasteiger partial charge in [0, 0.05) is 0 Å². The van der Waals surface area contributed by atoms with Crippen LogP contribution >= 0.6 is 0 Å². The first kappa shape index (κ1) is 16.3. The lowest BCUT2D eigenvalue weighted by Gasteiger charge is -2.44. The third-order valence-corrected chi connectivity index (χ3v) is 5.46. The summed E-state index contributed by atoms with van der Waals surface area (Å²) in [4.78, 5) is 0. The normalized spacial score (nSPS) is 27.9. The lowest BCUT2D eigenvalue weighted by Crippen LogP contribution is -2.37. The van der Waals surface area contributed by atoms with Gasteiger partial charge >= 0.3 is 0 Å². The second-order valence-electron chi connectivity index (χ2n) is 7.69. The van der Waals surface area contributed by atoms with Crippen LogP contribution in [0, 0.1) is 11.3 Å². The molecule has 0 amide bonds. The van der Waals surface area contributed by atoms with Crippen molar-refractivity contribution >= 4 is 0 Å². The molecule has 20 heavy (non-hydrogen) atoms. The quantitative estimate of drug-likeness (QED) is 0.765. The molecule has 2 atom stereocenters. The molecule has 2 heteroatoms. The Morgan fingerprint density at radius 3 is 2.40 bits per heavy atom. The molecule has 1 N–H and O–H groups in total. The Labute approximate surface area is 125 Å². The van der Waals surface area contributed by atoms with E-state index in [1.54, 1.807) is 0 Å². The van der Waals surface area contributed by atoms with Crippen LogP contribution in [-0.2, 0) is 4.74 Å². The van der Waals surface area contributed by atoms with Crippen molar-refractivity contribution in [3.8, 4) is 0 Å². The number of aliphatic hydroxyl groups is 1. The molecule has 2 saturated carbocycles. The molecule has 0 aromatic rings. The van der Waals surface area contributed by atoms with Crippen LogP contribution in [0.1, 0.15) is 84.5 Å². The van der Waals surface area contributed by atoms with E-state index in [2.05, 4.69) is 13.8 Å². The Bertz CT molecular complexity index is 263. The average Bonchev–Trinajstić information content (AvgIpc) is 2.44. The summed E-state index contributed by atoms with van der Waals surface area (Å²) in [6, 6.07) is 0. The molecule has 0 bridgehead atoms. The zero-order valence-corrected chi connectivity index (χ0v) is 13.6. The van der Waals surface area contributed by atoms with Crippen molar-refractivity contribution < 1.29 is 9.84 Å². The Morgan fingerprint density at radius 1 is 1.05 bits per heavy atom. The summed E-state index contributed by atoms with van der Waals surface area (Å²) < 4.78 is 6.27. The van der Waals surface area contributed by atoms with Crippen LogP contribution in [0.3, 0.4) is 0 Å². The van der Waals surface area contributed by atoms with Crippen molar-refractivity contribution in [1.29, 1.82) is 0 Å². The summed E-state index contributed by atoms with van der Waals surface area (Å²) in [6.07, 6.45) is 15.0. The molecule has 2 aliphatic carbocycles. The van der Waals surface area contributed by atoms with Crippen molar-refractivity contribution in [2.24, 2.45) is 11.3 Å². The standard InChI is InChI=1S/C18H34O2/c1-15(2)8-9-17(14-19)20-16-7-6-12-18(13-16)10-4-3-5-11-18/h15-17,19H,3-14H2,1-2H3. The number of rotatable bonds is 6. The fourth-order valence-electron chi connectivity index (χ4n) is 4.26. The van der Waals surface area contributed by atoms with Gasteiger partial charge in [-0.3, -0.25) is 0 Å². The first-order valence-corrected chi connectivity index (χ1v) is 8.90. The van der Waals surface area contributed by atoms with E-state index in [-0.39, 0.29) is 12.7 Å². The first-order valence-electron chi connectivity index (χ1n) is 8.90. The maximum Gasteiger partial charge on any atom is 0.0809 e. The van der Waals surface area contributed by atoms with Crippen LogP contribution in [0.15, 0.2) is 0 Å². The number of ether oxygens (including phenoxy) is 1. The molecule has 2 nitrogen and oxygen atoms in total. The molecule has 0 aliphatic heterocycles. The largest absolute Gasteiger partial charge is 0.394 e. The Balaban J connectivity index is 1.81. The fourth-order valence-corrected chi connectivity index (χ4v) is 4.26. The third-order valence-electron chi connectivity index (χ3n) is 5.46. The summed E-state index contributed by atoms with van der Waals surface area (Å²) in [5, 5.41) is 9.55. The lowest BCUT2D eigenvalue weighted by molar-refractivity contribution is -0.0867. The number of hydrogen-bond donors (Lipinski definition) is 1. The summed E-state index contributed by atoms with van der Waals surface area (Å²) in [5.41, 5.74) is 0.596. The molecular formula is C18H34O2. The maximum atomic E-state index is 9.55. The van der Waals surface area contributed by atoms with E-state index in [0.29, 0.717) is 17.4 Å². The summed E-state index contributed by atoms with van der Waals surface area (Å²) in [7, 11) is 0. The van der Waals surface area contributed by atoms with Crippen LogP contribution in [-0.4, -0.2) is 23.9 Å². The molecular weight excluding hydrogens is 248 g/mol. The Kier molecular flexibility index (Phi) is 6.35. The first-order chi connectivity index (χ1) is 9.63. The predicted octanol–water partition coefficient (Wildman–Crippen LogP) is 4.69. The highest BCUT2D eigenvalue weighted by Crippen LogP contribution is 2.48. The van der Waals surface area contributed by atoms with E-state index in [0.717, 1.165) is 12.8 Å². The SMILES string of the molecule is CC(C)CCC(CO)OC1CCCC2(CCCCC2)C1. The smallest absolute Gasteiger partial charge is 0.0809 e. The average molecular weight is 282 g/mol. The van der Waals surface area contributed by atoms with Crippen LogP contribution in [0.2, 0.25) is 0 Å². The third kappa shape index (κ3) is 4.73. The molecule has 0 aromatic carbocycles. The minimum absolute atomic E-state index is 0.0705. The summed E-state index contributed by atoms with van der Waals surface area (Å²) in [5.74, 6) is 0.698. The van der Waals surface area contributed by atoms with Crippen LogP contribution in [0.25, 0.3) is 0 Å². The molecule has 0 aromatic heterocycles. The molecule has 0 saturated heterocycles. The van der Waals surface area contributed by atoms with Crippen LogP contribution in [0.4, 0.5) is 0 Å². The predicted molar refractivity (Wildman–Crippen MR) is 83.8 cm³/mol. The van der Waals surface area contributed by atoms with E-state index in [9.17, 15) is 5.11 Å². The number of hydrogen-bond acceptors (Lipinski definition) is 2. The highest BCUT2D eigenvalue weighted by atomic mass is 16.5. The van der Waals surface area contributed by atoms with Gasteiger partial charge in [-0.05, 0) is 56.3 Å². The minimum Gasteiger partial charge on any atom is -0.394 e. The monoisotopic (exact) mass is 282 g/mol. The Morgan fingerprint density at radius 2 is 1.75 bits per heavy atom. The van der Waals surface area contributed by atoms with Crippen LogP contribution < -0.4 is 0 Å². The van der Waals surface area contributed by atoms with Crippen LogP contribution in [0.5, 0.6) is 0 Å². The molecule has 2 fully saturated rings. The van der Waals surface area contributed by atoms with Gasteiger partial charge in [-0.15, -0.1) is 0 Å². The van der Waals surface area contributed by atoms with E-state index in [1.807, 2.05) is 0 Å². The van der Waals surface area contributed by atoms with Gasteiger partial charge in [0.2, 0.25) is 0 Å². The Hall–Kier alpha value is -0.0800. The van der Waals surface area contributed by atoms with E-state index in [4.69, 9.17) is 4.74 Å². The zero-order chi connectivity index (χ0) is 14.4. The summed E-state index contributed by atoms with van der Waals surface area (Å²) in [6.45, 7) is 4.67. The van der Waals surface area contributed by atoms with Crippen molar-refractivity contribution in [3.05, 3.63) is 0 Å². The van der Waals surface area contributed by atoms with Gasteiger partial charge in [-0.1, -0.05) is 39.5 Å². The molecule has 2 rings (SSSR count). The molecule has 1 spiro atoms. The molecule has 118 valence electrons. The fraction of sp³-hybridized carbons (Fsp3) is 1.00. The lowest BCUT2D eigenvalue weighted by atomic mass is 9.64. The van der Waals surface area contributed by atoms with Gasteiger partial charge in [-0.25, -0.2) is 0 Å². The molecule has 2 unspecified atom stereocenters. The highest BCUT2D eigenvalue weighted by molar-refractivity contribution is 4.89. The minimum atomic E-state index is 0.0705. The molecule has 2 aliphatic rings. The second kappa shape index (κ2) is 7.79. The molecule has 0 radical (unpaired) electrons. The van der Waals surface area contributed by atoms with E-state index >= 15 is 0 Å². The van der Waals surface area contributed by atoms with Gasteiger partial charge < -0.3 is 9.84 Å². The number of aliphatic hydroxyl groups excluding tert-OH is 1. The summed E-state index contributed by atoms with van der Waals surface area (Å²) >= 11 is 0. The van der Waals surface area contributed by atoms with Gasteiger partial charge in [0.1, 0.15) is 0 Å². The van der Waals surface area contributed by atoms with E-state index in [1.165, 1.54) is 57.8 Å². The van der Waals surface area contributed by atoms with Crippen molar-refractivity contribution in [2.45, 2.75) is 96.7 Å². The van der Waals surface area contributed by atoms with Gasteiger partial charge in [0.05, 0.1) is 18.8 Å². The molecule has 0 heterocycles. The van der Waals surface area contributed by atoms with Crippen molar-refractivity contribution in [2.75, 3.05) is 6.61 Å². The van der Waals surface area contributed by atoms with Crippen molar-refractivity contribution in [1.82, 2.24) is 0 Å². The topological polar surface area (TPSA) is 29.5 Å². The second-order valence-corrected chi connectivity index (χ2v) is 7.69.